The number of rotatable bonds is 4. The van der Waals surface area contributed by atoms with Crippen LogP contribution in [0.1, 0.15) is 18.4 Å². The van der Waals surface area contributed by atoms with E-state index in [9.17, 15) is 8.42 Å². The molecule has 1 aromatic heterocycles. The SMILES string of the molecule is Cc1ccc(S(=O)(=O)N2CCC(Cn3ccnc3)CC2)cc1. The van der Waals surface area contributed by atoms with Gasteiger partial charge in [-0.15, -0.1) is 0 Å². The molecule has 0 atom stereocenters. The molecule has 2 heterocycles. The van der Waals surface area contributed by atoms with E-state index in [-0.39, 0.29) is 0 Å². The summed E-state index contributed by atoms with van der Waals surface area (Å²) in [5.41, 5.74) is 1.07. The first kappa shape index (κ1) is 15.2. The average molecular weight is 319 g/mol. The predicted octanol–water partition coefficient (Wildman–Crippen LogP) is 2.29. The molecule has 1 aliphatic heterocycles. The van der Waals surface area contributed by atoms with Crippen molar-refractivity contribution >= 4 is 10.0 Å². The fraction of sp³-hybridized carbons (Fsp3) is 0.438. The van der Waals surface area contributed by atoms with Gasteiger partial charge in [0.2, 0.25) is 10.0 Å². The van der Waals surface area contributed by atoms with E-state index in [1.54, 1.807) is 22.6 Å². The van der Waals surface area contributed by atoms with E-state index >= 15 is 0 Å². The fourth-order valence-corrected chi connectivity index (χ4v) is 4.35. The molecule has 6 heteroatoms. The maximum atomic E-state index is 12.6. The van der Waals surface area contributed by atoms with Crippen LogP contribution in [0, 0.1) is 12.8 Å². The van der Waals surface area contributed by atoms with Gasteiger partial charge in [-0.05, 0) is 37.8 Å². The first-order chi connectivity index (χ1) is 10.6. The van der Waals surface area contributed by atoms with Crippen molar-refractivity contribution in [2.24, 2.45) is 5.92 Å². The number of hydrogen-bond acceptors (Lipinski definition) is 3. The van der Waals surface area contributed by atoms with E-state index in [1.165, 1.54) is 0 Å². The maximum absolute atomic E-state index is 12.6. The third-order valence-electron chi connectivity index (χ3n) is 4.26. The molecule has 22 heavy (non-hydrogen) atoms. The van der Waals surface area contributed by atoms with Gasteiger partial charge in [-0.3, -0.25) is 0 Å². The quantitative estimate of drug-likeness (QED) is 0.869. The average Bonchev–Trinajstić information content (AvgIpc) is 3.01. The highest BCUT2D eigenvalue weighted by atomic mass is 32.2. The number of sulfonamides is 1. The van der Waals surface area contributed by atoms with Crippen molar-refractivity contribution in [1.82, 2.24) is 13.9 Å². The molecule has 0 aliphatic carbocycles. The van der Waals surface area contributed by atoms with Gasteiger partial charge >= 0.3 is 0 Å². The zero-order valence-corrected chi connectivity index (χ0v) is 13.5. The Bertz CT molecular complexity index is 700. The molecule has 0 spiro atoms. The van der Waals surface area contributed by atoms with Crippen molar-refractivity contribution < 1.29 is 8.42 Å². The highest BCUT2D eigenvalue weighted by Crippen LogP contribution is 2.24. The van der Waals surface area contributed by atoms with Crippen LogP contribution in [0.3, 0.4) is 0 Å². The van der Waals surface area contributed by atoms with Crippen molar-refractivity contribution in [2.75, 3.05) is 13.1 Å². The fourth-order valence-electron chi connectivity index (χ4n) is 2.88. The zero-order chi connectivity index (χ0) is 15.6. The monoisotopic (exact) mass is 319 g/mol. The Labute approximate surface area is 131 Å². The van der Waals surface area contributed by atoms with Crippen molar-refractivity contribution in [3.05, 3.63) is 48.5 Å². The Hall–Kier alpha value is -1.66. The minimum absolute atomic E-state index is 0.395. The second kappa shape index (κ2) is 6.22. The molecule has 2 aromatic rings. The smallest absolute Gasteiger partial charge is 0.243 e. The Morgan fingerprint density at radius 2 is 1.86 bits per heavy atom. The second-order valence-electron chi connectivity index (χ2n) is 5.92. The van der Waals surface area contributed by atoms with E-state index in [2.05, 4.69) is 9.55 Å². The van der Waals surface area contributed by atoms with Crippen LogP contribution in [-0.2, 0) is 16.6 Å². The number of benzene rings is 1. The van der Waals surface area contributed by atoms with Crippen LogP contribution in [0.5, 0.6) is 0 Å². The van der Waals surface area contributed by atoms with Gasteiger partial charge in [0.25, 0.3) is 0 Å². The van der Waals surface area contributed by atoms with Gasteiger partial charge in [0.05, 0.1) is 11.2 Å². The number of hydrogen-bond donors (Lipinski definition) is 0. The van der Waals surface area contributed by atoms with Crippen LogP contribution in [0.15, 0.2) is 47.9 Å². The molecule has 0 radical (unpaired) electrons. The van der Waals surface area contributed by atoms with Crippen molar-refractivity contribution in [1.29, 1.82) is 0 Å². The topological polar surface area (TPSA) is 55.2 Å². The number of aryl methyl sites for hydroxylation is 1. The number of nitrogens with zero attached hydrogens (tertiary/aromatic N) is 3. The molecule has 118 valence electrons. The first-order valence-electron chi connectivity index (χ1n) is 7.58. The lowest BCUT2D eigenvalue weighted by molar-refractivity contribution is 0.253. The Morgan fingerprint density at radius 3 is 2.45 bits per heavy atom. The molecule has 3 rings (SSSR count). The minimum Gasteiger partial charge on any atom is -0.337 e. The van der Waals surface area contributed by atoms with Crippen LogP contribution in [0.25, 0.3) is 0 Å². The standard InChI is InChI=1S/C16H21N3O2S/c1-14-2-4-16(5-3-14)22(20,21)19-9-6-15(7-10-19)12-18-11-8-17-13-18/h2-5,8,11,13,15H,6-7,9-10,12H2,1H3. The van der Waals surface area contributed by atoms with Crippen LogP contribution in [-0.4, -0.2) is 35.4 Å². The third-order valence-corrected chi connectivity index (χ3v) is 6.17. The lowest BCUT2D eigenvalue weighted by Crippen LogP contribution is -2.39. The van der Waals surface area contributed by atoms with Gasteiger partial charge in [-0.25, -0.2) is 13.4 Å². The third kappa shape index (κ3) is 3.23. The van der Waals surface area contributed by atoms with Crippen molar-refractivity contribution in [3.63, 3.8) is 0 Å². The molecule has 1 saturated heterocycles. The normalized spacial score (nSPS) is 17.7. The van der Waals surface area contributed by atoms with Gasteiger partial charge in [-0.1, -0.05) is 17.7 Å². The first-order valence-corrected chi connectivity index (χ1v) is 9.02. The highest BCUT2D eigenvalue weighted by molar-refractivity contribution is 7.89. The lowest BCUT2D eigenvalue weighted by atomic mass is 9.98. The number of aromatic nitrogens is 2. The summed E-state index contributed by atoms with van der Waals surface area (Å²) in [4.78, 5) is 4.44. The van der Waals surface area contributed by atoms with E-state index in [1.807, 2.05) is 31.6 Å². The molecular formula is C16H21N3O2S. The summed E-state index contributed by atoms with van der Waals surface area (Å²) in [6.07, 6.45) is 7.33. The lowest BCUT2D eigenvalue weighted by Gasteiger charge is -2.31. The van der Waals surface area contributed by atoms with E-state index in [4.69, 9.17) is 0 Å². The van der Waals surface area contributed by atoms with Gasteiger partial charge < -0.3 is 4.57 Å². The molecule has 0 saturated carbocycles. The van der Waals surface area contributed by atoms with Gasteiger partial charge in [-0.2, -0.15) is 4.31 Å². The molecular weight excluding hydrogens is 298 g/mol. The second-order valence-corrected chi connectivity index (χ2v) is 7.86. The molecule has 5 nitrogen and oxygen atoms in total. The van der Waals surface area contributed by atoms with E-state index < -0.39 is 10.0 Å². The highest BCUT2D eigenvalue weighted by Gasteiger charge is 2.29. The van der Waals surface area contributed by atoms with Gasteiger partial charge in [0.1, 0.15) is 0 Å². The summed E-state index contributed by atoms with van der Waals surface area (Å²) in [6, 6.07) is 7.09. The molecule has 0 bridgehead atoms. The minimum atomic E-state index is -3.35. The van der Waals surface area contributed by atoms with Gasteiger partial charge in [0, 0.05) is 32.0 Å². The summed E-state index contributed by atoms with van der Waals surface area (Å²) < 4.78 is 28.9. The Morgan fingerprint density at radius 1 is 1.18 bits per heavy atom. The summed E-state index contributed by atoms with van der Waals surface area (Å²) in [5, 5.41) is 0. The molecule has 1 aliphatic rings. The molecule has 0 N–H and O–H groups in total. The molecule has 0 amide bonds. The summed E-state index contributed by atoms with van der Waals surface area (Å²) in [7, 11) is -3.35. The van der Waals surface area contributed by atoms with Crippen LogP contribution in [0.4, 0.5) is 0 Å². The largest absolute Gasteiger partial charge is 0.337 e. The Balaban J connectivity index is 1.64. The summed E-state index contributed by atoms with van der Waals surface area (Å²) in [5.74, 6) is 0.513. The summed E-state index contributed by atoms with van der Waals surface area (Å²) in [6.45, 7) is 4.06. The Kier molecular flexibility index (Phi) is 4.31. The van der Waals surface area contributed by atoms with E-state index in [0.717, 1.165) is 24.9 Å². The molecule has 1 fully saturated rings. The number of piperidine rings is 1. The van der Waals surface area contributed by atoms with Crippen LogP contribution < -0.4 is 0 Å². The van der Waals surface area contributed by atoms with Crippen LogP contribution in [0.2, 0.25) is 0 Å². The summed E-state index contributed by atoms with van der Waals surface area (Å²) >= 11 is 0. The van der Waals surface area contributed by atoms with Crippen molar-refractivity contribution in [3.8, 4) is 0 Å². The van der Waals surface area contributed by atoms with Crippen molar-refractivity contribution in [2.45, 2.75) is 31.2 Å². The molecule has 1 aromatic carbocycles. The maximum Gasteiger partial charge on any atom is 0.243 e. The predicted molar refractivity (Wildman–Crippen MR) is 84.9 cm³/mol. The van der Waals surface area contributed by atoms with Crippen LogP contribution >= 0.6 is 0 Å². The van der Waals surface area contributed by atoms with Gasteiger partial charge in [0.15, 0.2) is 0 Å². The van der Waals surface area contributed by atoms with E-state index in [0.29, 0.717) is 23.9 Å². The number of imidazole rings is 1. The molecule has 0 unspecified atom stereocenters. The zero-order valence-electron chi connectivity index (χ0n) is 12.7.